The highest BCUT2D eigenvalue weighted by Gasteiger charge is 2.20. The highest BCUT2D eigenvalue weighted by atomic mass is 32.1. The molecule has 120 valence electrons. The maximum absolute atomic E-state index is 4.98. The maximum atomic E-state index is 4.98. The fraction of sp³-hybridized carbons (Fsp3) is 0.824. The van der Waals surface area contributed by atoms with E-state index >= 15 is 0 Å². The number of hydrogen-bond donors (Lipinski definition) is 1. The summed E-state index contributed by atoms with van der Waals surface area (Å²) in [6.45, 7) is 14.5. The molecule has 2 rings (SSSR count). The van der Waals surface area contributed by atoms with Crippen LogP contribution in [0.2, 0.25) is 0 Å². The quantitative estimate of drug-likeness (QED) is 0.885. The molecule has 1 aromatic rings. The van der Waals surface area contributed by atoms with Crippen LogP contribution >= 0.6 is 11.3 Å². The molecule has 0 bridgehead atoms. The number of hydrogen-bond acceptors (Lipinski definition) is 4. The average molecular weight is 310 g/mol. The van der Waals surface area contributed by atoms with Gasteiger partial charge in [-0.1, -0.05) is 26.7 Å². The van der Waals surface area contributed by atoms with Crippen LogP contribution in [0, 0.1) is 0 Å². The third-order valence-corrected chi connectivity index (χ3v) is 5.05. The Morgan fingerprint density at radius 1 is 1.14 bits per heavy atom. The number of nitrogens with one attached hydrogen (secondary N) is 1. The number of aromatic nitrogens is 1. The van der Waals surface area contributed by atoms with Gasteiger partial charge in [-0.25, -0.2) is 4.98 Å². The Morgan fingerprint density at radius 3 is 2.29 bits per heavy atom. The Labute approximate surface area is 134 Å². The molecule has 0 aliphatic carbocycles. The van der Waals surface area contributed by atoms with Crippen LogP contribution in [0.15, 0.2) is 0 Å². The molecule has 0 amide bonds. The van der Waals surface area contributed by atoms with Crippen molar-refractivity contribution in [2.75, 3.05) is 18.0 Å². The molecule has 0 aromatic carbocycles. The van der Waals surface area contributed by atoms with E-state index in [0.717, 1.165) is 6.54 Å². The van der Waals surface area contributed by atoms with Crippen LogP contribution in [0.4, 0.5) is 5.13 Å². The van der Waals surface area contributed by atoms with Crippen molar-refractivity contribution in [3.63, 3.8) is 0 Å². The Hall–Kier alpha value is -0.610. The van der Waals surface area contributed by atoms with Crippen molar-refractivity contribution in [3.8, 4) is 0 Å². The van der Waals surface area contributed by atoms with Crippen LogP contribution in [0.25, 0.3) is 0 Å². The summed E-state index contributed by atoms with van der Waals surface area (Å²) in [5.41, 5.74) is 1.44. The first-order valence-electron chi connectivity index (χ1n) is 8.36. The summed E-state index contributed by atoms with van der Waals surface area (Å²) in [5, 5.41) is 4.86. The van der Waals surface area contributed by atoms with E-state index < -0.39 is 0 Å². The van der Waals surface area contributed by atoms with Crippen LogP contribution in [0.5, 0.6) is 0 Å². The minimum absolute atomic E-state index is 0.154. The van der Waals surface area contributed by atoms with Crippen LogP contribution in [-0.2, 0) is 6.54 Å². The summed E-state index contributed by atoms with van der Waals surface area (Å²) in [5.74, 6) is 0.499. The predicted octanol–water partition coefficient (Wildman–Crippen LogP) is 4.54. The second-order valence-corrected chi connectivity index (χ2v) is 8.53. The zero-order chi connectivity index (χ0) is 15.5. The fourth-order valence-corrected chi connectivity index (χ4v) is 3.88. The van der Waals surface area contributed by atoms with Crippen molar-refractivity contribution in [2.45, 2.75) is 78.3 Å². The first-order chi connectivity index (χ1) is 9.87. The van der Waals surface area contributed by atoms with Crippen LogP contribution < -0.4 is 10.2 Å². The van der Waals surface area contributed by atoms with Gasteiger partial charge in [-0.05, 0) is 39.5 Å². The molecule has 21 heavy (non-hydrogen) atoms. The number of anilines is 1. The molecule has 1 saturated heterocycles. The highest BCUT2D eigenvalue weighted by Crippen LogP contribution is 2.32. The van der Waals surface area contributed by atoms with Gasteiger partial charge in [0, 0.05) is 30.1 Å². The minimum atomic E-state index is 0.154. The molecular weight excluding hydrogens is 278 g/mol. The molecule has 2 heterocycles. The Bertz CT molecular complexity index is 437. The topological polar surface area (TPSA) is 28.2 Å². The molecule has 1 fully saturated rings. The Morgan fingerprint density at radius 2 is 1.76 bits per heavy atom. The zero-order valence-corrected chi connectivity index (χ0v) is 15.1. The summed E-state index contributed by atoms with van der Waals surface area (Å²) in [6.07, 6.45) is 5.37. The third kappa shape index (κ3) is 4.96. The lowest BCUT2D eigenvalue weighted by Crippen LogP contribution is -2.35. The SMILES string of the molecule is CC(C)c1nc(N2CCCCCC2)sc1CNC(C)(C)C. The molecule has 0 spiro atoms. The number of nitrogens with zero attached hydrogens (tertiary/aromatic N) is 2. The molecule has 0 saturated carbocycles. The number of thiazole rings is 1. The molecule has 0 atom stereocenters. The van der Waals surface area contributed by atoms with Crippen LogP contribution in [0.1, 0.15) is 76.8 Å². The predicted molar refractivity (Wildman–Crippen MR) is 93.5 cm³/mol. The van der Waals surface area contributed by atoms with E-state index in [9.17, 15) is 0 Å². The molecular formula is C17H31N3S. The second-order valence-electron chi connectivity index (χ2n) is 7.46. The lowest BCUT2D eigenvalue weighted by atomic mass is 10.1. The summed E-state index contributed by atoms with van der Waals surface area (Å²) in [7, 11) is 0. The monoisotopic (exact) mass is 309 g/mol. The van der Waals surface area contributed by atoms with Gasteiger partial charge in [0.1, 0.15) is 0 Å². The first-order valence-corrected chi connectivity index (χ1v) is 9.18. The van der Waals surface area contributed by atoms with E-state index in [2.05, 4.69) is 44.8 Å². The van der Waals surface area contributed by atoms with Gasteiger partial charge in [0.15, 0.2) is 5.13 Å². The second kappa shape index (κ2) is 7.10. The molecule has 1 aliphatic rings. The molecule has 1 aliphatic heterocycles. The van der Waals surface area contributed by atoms with Gasteiger partial charge >= 0.3 is 0 Å². The lowest BCUT2D eigenvalue weighted by molar-refractivity contribution is 0.425. The average Bonchev–Trinajstić information content (AvgIpc) is 2.63. The molecule has 3 nitrogen and oxygen atoms in total. The van der Waals surface area contributed by atoms with Crippen molar-refractivity contribution < 1.29 is 0 Å². The smallest absolute Gasteiger partial charge is 0.185 e. The number of rotatable bonds is 4. The summed E-state index contributed by atoms with van der Waals surface area (Å²) in [4.78, 5) is 8.90. The first kappa shape index (κ1) is 16.8. The standard InChI is InChI=1S/C17H31N3S/c1-13(2)15-14(12-18-17(3,4)5)21-16(19-15)20-10-8-6-7-9-11-20/h13,18H,6-12H2,1-5H3. The van der Waals surface area contributed by atoms with Gasteiger partial charge in [0.2, 0.25) is 0 Å². The summed E-state index contributed by atoms with van der Waals surface area (Å²) >= 11 is 1.90. The summed E-state index contributed by atoms with van der Waals surface area (Å²) < 4.78 is 0. The van der Waals surface area contributed by atoms with E-state index in [0.29, 0.717) is 5.92 Å². The summed E-state index contributed by atoms with van der Waals surface area (Å²) in [6, 6.07) is 0. The molecule has 1 aromatic heterocycles. The van der Waals surface area contributed by atoms with Gasteiger partial charge < -0.3 is 10.2 Å². The normalized spacial score (nSPS) is 17.3. The molecule has 0 radical (unpaired) electrons. The highest BCUT2D eigenvalue weighted by molar-refractivity contribution is 7.15. The minimum Gasteiger partial charge on any atom is -0.348 e. The third-order valence-electron chi connectivity index (χ3n) is 3.92. The van der Waals surface area contributed by atoms with Crippen molar-refractivity contribution in [1.82, 2.24) is 10.3 Å². The van der Waals surface area contributed by atoms with Crippen molar-refractivity contribution in [1.29, 1.82) is 0 Å². The molecule has 1 N–H and O–H groups in total. The lowest BCUT2D eigenvalue weighted by Gasteiger charge is -2.20. The van der Waals surface area contributed by atoms with E-state index in [4.69, 9.17) is 4.98 Å². The van der Waals surface area contributed by atoms with E-state index in [1.165, 1.54) is 54.5 Å². The van der Waals surface area contributed by atoms with E-state index in [1.807, 2.05) is 11.3 Å². The largest absolute Gasteiger partial charge is 0.348 e. The van der Waals surface area contributed by atoms with Gasteiger partial charge in [0.05, 0.1) is 5.69 Å². The van der Waals surface area contributed by atoms with Gasteiger partial charge in [-0.15, -0.1) is 11.3 Å². The maximum Gasteiger partial charge on any atom is 0.185 e. The van der Waals surface area contributed by atoms with Gasteiger partial charge in [-0.2, -0.15) is 0 Å². The van der Waals surface area contributed by atoms with Crippen molar-refractivity contribution in [2.24, 2.45) is 0 Å². The Kier molecular flexibility index (Phi) is 5.67. The van der Waals surface area contributed by atoms with Gasteiger partial charge in [-0.3, -0.25) is 0 Å². The molecule has 4 heteroatoms. The van der Waals surface area contributed by atoms with Crippen molar-refractivity contribution >= 4 is 16.5 Å². The molecule has 0 unspecified atom stereocenters. The fourth-order valence-electron chi connectivity index (χ4n) is 2.67. The van der Waals surface area contributed by atoms with Crippen LogP contribution in [0.3, 0.4) is 0 Å². The Balaban J connectivity index is 2.15. The van der Waals surface area contributed by atoms with E-state index in [1.54, 1.807) is 0 Å². The van der Waals surface area contributed by atoms with Crippen molar-refractivity contribution in [3.05, 3.63) is 10.6 Å². The van der Waals surface area contributed by atoms with E-state index in [-0.39, 0.29) is 5.54 Å². The zero-order valence-electron chi connectivity index (χ0n) is 14.3. The van der Waals surface area contributed by atoms with Gasteiger partial charge in [0.25, 0.3) is 0 Å². The van der Waals surface area contributed by atoms with Crippen LogP contribution in [-0.4, -0.2) is 23.6 Å².